The summed E-state index contributed by atoms with van der Waals surface area (Å²) in [6, 6.07) is 3.75. The van der Waals surface area contributed by atoms with E-state index in [1.807, 2.05) is 0 Å². The zero-order valence-corrected chi connectivity index (χ0v) is 14.3. The Morgan fingerprint density at radius 3 is 2.38 bits per heavy atom. The van der Waals surface area contributed by atoms with Crippen LogP contribution in [0.25, 0.3) is 0 Å². The van der Waals surface area contributed by atoms with Gasteiger partial charge >= 0.3 is 0 Å². The van der Waals surface area contributed by atoms with E-state index in [2.05, 4.69) is 16.2 Å². The van der Waals surface area contributed by atoms with Gasteiger partial charge in [0.05, 0.1) is 15.7 Å². The number of rotatable bonds is 3. The summed E-state index contributed by atoms with van der Waals surface area (Å²) >= 11 is 23.4. The molecule has 0 amide bonds. The first kappa shape index (κ1) is 15.5. The zero-order valence-electron chi connectivity index (χ0n) is 11.3. The van der Waals surface area contributed by atoms with Crippen LogP contribution in [0, 0.1) is 11.8 Å². The van der Waals surface area contributed by atoms with Gasteiger partial charge in [0.15, 0.2) is 5.11 Å². The Hall–Kier alpha value is -0.420. The average Bonchev–Trinajstić information content (AvgIpc) is 2.99. The van der Waals surface area contributed by atoms with E-state index in [4.69, 9.17) is 47.0 Å². The topological polar surface area (TPSA) is 36.1 Å². The molecule has 0 aromatic heterocycles. The smallest absolute Gasteiger partial charge is 0.185 e. The number of hydrogen-bond acceptors (Lipinski definition) is 2. The number of hydrazine groups is 1. The van der Waals surface area contributed by atoms with Gasteiger partial charge in [-0.3, -0.25) is 10.9 Å². The Kier molecular flexibility index (Phi) is 4.69. The Labute approximate surface area is 144 Å². The van der Waals surface area contributed by atoms with Crippen molar-refractivity contribution in [2.24, 2.45) is 11.8 Å². The Bertz CT molecular complexity index is 543. The molecule has 3 atom stereocenters. The van der Waals surface area contributed by atoms with Crippen LogP contribution in [0.1, 0.15) is 25.7 Å². The second-order valence-electron chi connectivity index (χ2n) is 5.75. The van der Waals surface area contributed by atoms with Gasteiger partial charge in [0, 0.05) is 11.1 Å². The van der Waals surface area contributed by atoms with E-state index in [0.717, 1.165) is 11.8 Å². The van der Waals surface area contributed by atoms with E-state index in [-0.39, 0.29) is 0 Å². The van der Waals surface area contributed by atoms with Crippen molar-refractivity contribution < 1.29 is 0 Å². The second-order valence-corrected chi connectivity index (χ2v) is 7.41. The molecule has 3 nitrogen and oxygen atoms in total. The summed E-state index contributed by atoms with van der Waals surface area (Å²) in [5.41, 5.74) is 6.46. The van der Waals surface area contributed by atoms with Crippen molar-refractivity contribution in [3.05, 3.63) is 27.2 Å². The lowest BCUT2D eigenvalue weighted by molar-refractivity contribution is 0.390. The molecule has 2 saturated carbocycles. The van der Waals surface area contributed by atoms with Gasteiger partial charge in [0.2, 0.25) is 0 Å². The molecular weight excluding hydrogens is 349 g/mol. The molecule has 21 heavy (non-hydrogen) atoms. The molecule has 2 bridgehead atoms. The van der Waals surface area contributed by atoms with Crippen molar-refractivity contribution in [2.45, 2.75) is 31.7 Å². The maximum Gasteiger partial charge on any atom is 0.185 e. The predicted octanol–water partition coefficient (Wildman–Crippen LogP) is 4.63. The van der Waals surface area contributed by atoms with E-state index in [1.165, 1.54) is 25.7 Å². The molecular formula is C14H16Cl3N3S. The minimum atomic E-state index is 0.447. The molecule has 1 aromatic rings. The van der Waals surface area contributed by atoms with Crippen molar-refractivity contribution in [2.75, 3.05) is 5.43 Å². The third kappa shape index (κ3) is 3.50. The van der Waals surface area contributed by atoms with Crippen LogP contribution in [0.4, 0.5) is 5.69 Å². The van der Waals surface area contributed by atoms with Gasteiger partial charge in [0.1, 0.15) is 0 Å². The minimum absolute atomic E-state index is 0.447. The van der Waals surface area contributed by atoms with Crippen LogP contribution in [0.15, 0.2) is 12.1 Å². The highest BCUT2D eigenvalue weighted by Gasteiger charge is 2.39. The molecule has 0 radical (unpaired) electrons. The summed E-state index contributed by atoms with van der Waals surface area (Å²) in [4.78, 5) is 0. The molecule has 114 valence electrons. The number of hydrogen-bond donors (Lipinski definition) is 3. The van der Waals surface area contributed by atoms with E-state index in [9.17, 15) is 0 Å². The molecule has 7 heteroatoms. The van der Waals surface area contributed by atoms with Crippen molar-refractivity contribution in [1.82, 2.24) is 10.7 Å². The molecule has 0 spiro atoms. The van der Waals surface area contributed by atoms with Crippen LogP contribution in [-0.2, 0) is 0 Å². The quantitative estimate of drug-likeness (QED) is 0.540. The van der Waals surface area contributed by atoms with Crippen LogP contribution >= 0.6 is 47.0 Å². The van der Waals surface area contributed by atoms with Gasteiger partial charge < -0.3 is 5.32 Å². The van der Waals surface area contributed by atoms with Gasteiger partial charge in [-0.1, -0.05) is 41.2 Å². The van der Waals surface area contributed by atoms with Gasteiger partial charge in [-0.25, -0.2) is 0 Å². The molecule has 1 aromatic carbocycles. The van der Waals surface area contributed by atoms with E-state index in [0.29, 0.717) is 31.9 Å². The highest BCUT2D eigenvalue weighted by atomic mass is 35.5. The van der Waals surface area contributed by atoms with Gasteiger partial charge in [0.25, 0.3) is 0 Å². The van der Waals surface area contributed by atoms with Crippen molar-refractivity contribution >= 4 is 57.8 Å². The molecule has 0 unspecified atom stereocenters. The van der Waals surface area contributed by atoms with E-state index in [1.54, 1.807) is 12.1 Å². The fourth-order valence-corrected chi connectivity index (χ4v) is 4.52. The number of fused-ring (bicyclic) bond motifs is 2. The van der Waals surface area contributed by atoms with E-state index >= 15 is 0 Å². The summed E-state index contributed by atoms with van der Waals surface area (Å²) in [6.07, 6.45) is 5.24. The third-order valence-corrected chi connectivity index (χ3v) is 5.40. The Balaban J connectivity index is 1.54. The summed E-state index contributed by atoms with van der Waals surface area (Å²) in [5.74, 6) is 1.64. The number of halogens is 3. The SMILES string of the molecule is S=C(NNc1c(Cl)cc(Cl)cc1Cl)N[C@H]1C[C@H]2CC[C@@H]1C2. The van der Waals surface area contributed by atoms with Crippen molar-refractivity contribution in [3.63, 3.8) is 0 Å². The largest absolute Gasteiger partial charge is 0.358 e. The van der Waals surface area contributed by atoms with Gasteiger partial charge in [-0.15, -0.1) is 0 Å². The maximum atomic E-state index is 6.10. The van der Waals surface area contributed by atoms with Crippen LogP contribution in [0.3, 0.4) is 0 Å². The number of thiocarbonyl (C=S) groups is 1. The molecule has 0 aliphatic heterocycles. The summed E-state index contributed by atoms with van der Waals surface area (Å²) < 4.78 is 0. The minimum Gasteiger partial charge on any atom is -0.358 e. The third-order valence-electron chi connectivity index (χ3n) is 4.36. The molecule has 3 rings (SSSR count). The summed E-state index contributed by atoms with van der Waals surface area (Å²) in [7, 11) is 0. The second kappa shape index (κ2) is 6.37. The van der Waals surface area contributed by atoms with Crippen LogP contribution in [-0.4, -0.2) is 11.2 Å². The summed E-state index contributed by atoms with van der Waals surface area (Å²) in [6.45, 7) is 0. The fourth-order valence-electron chi connectivity index (χ4n) is 3.41. The predicted molar refractivity (Wildman–Crippen MR) is 93.2 cm³/mol. The monoisotopic (exact) mass is 363 g/mol. The van der Waals surface area contributed by atoms with Crippen molar-refractivity contribution in [1.29, 1.82) is 0 Å². The average molecular weight is 365 g/mol. The molecule has 2 aliphatic carbocycles. The van der Waals surface area contributed by atoms with Gasteiger partial charge in [-0.2, -0.15) is 0 Å². The Morgan fingerprint density at radius 1 is 1.10 bits per heavy atom. The van der Waals surface area contributed by atoms with Gasteiger partial charge in [-0.05, 0) is 55.4 Å². The highest BCUT2D eigenvalue weighted by molar-refractivity contribution is 7.80. The first-order chi connectivity index (χ1) is 10.0. The molecule has 3 N–H and O–H groups in total. The molecule has 2 fully saturated rings. The van der Waals surface area contributed by atoms with E-state index < -0.39 is 0 Å². The van der Waals surface area contributed by atoms with Crippen LogP contribution in [0.2, 0.25) is 15.1 Å². The first-order valence-corrected chi connectivity index (χ1v) is 8.54. The normalized spacial score (nSPS) is 26.7. The lowest BCUT2D eigenvalue weighted by Gasteiger charge is -2.25. The maximum absolute atomic E-state index is 6.10. The number of benzene rings is 1. The number of nitrogens with one attached hydrogen (secondary N) is 3. The van der Waals surface area contributed by atoms with Crippen LogP contribution < -0.4 is 16.2 Å². The standard InChI is InChI=1S/C14H16Cl3N3S/c15-9-5-10(16)13(11(17)6-9)19-20-14(21)18-12-4-7-1-2-8(12)3-7/h5-8,12,19H,1-4H2,(H2,18,20,21)/t7-,8+,12-/m0/s1. The fraction of sp³-hybridized carbons (Fsp3) is 0.500. The van der Waals surface area contributed by atoms with Crippen LogP contribution in [0.5, 0.6) is 0 Å². The lowest BCUT2D eigenvalue weighted by atomic mass is 9.96. The first-order valence-electron chi connectivity index (χ1n) is 7.00. The van der Waals surface area contributed by atoms with Crippen molar-refractivity contribution in [3.8, 4) is 0 Å². The lowest BCUT2D eigenvalue weighted by Crippen LogP contribution is -2.46. The zero-order chi connectivity index (χ0) is 15.0. The Morgan fingerprint density at radius 2 is 1.81 bits per heavy atom. The number of anilines is 1. The highest BCUT2D eigenvalue weighted by Crippen LogP contribution is 2.44. The molecule has 2 aliphatic rings. The summed E-state index contributed by atoms with van der Waals surface area (Å²) in [5, 5.41) is 5.33. The molecule has 0 heterocycles. The molecule has 0 saturated heterocycles.